The Hall–Kier alpha value is -1.76. The number of hydrogen-bond acceptors (Lipinski definition) is 1. The van der Waals surface area contributed by atoms with Crippen LogP contribution in [0.4, 0.5) is 0 Å². The first-order valence-corrected chi connectivity index (χ1v) is 6.02. The summed E-state index contributed by atoms with van der Waals surface area (Å²) in [6.45, 7) is 13.4. The number of aryl methyl sites for hydroxylation is 1. The van der Waals surface area contributed by atoms with Crippen molar-refractivity contribution in [3.63, 3.8) is 0 Å². The van der Waals surface area contributed by atoms with E-state index in [0.29, 0.717) is 5.76 Å². The molecule has 0 unspecified atom stereocenters. The van der Waals surface area contributed by atoms with Gasteiger partial charge < -0.3 is 4.74 Å². The molecule has 0 atom stereocenters. The molecule has 0 spiro atoms. The fourth-order valence-electron chi connectivity index (χ4n) is 1.22. The van der Waals surface area contributed by atoms with Crippen LogP contribution in [0, 0.1) is 0 Å². The van der Waals surface area contributed by atoms with Gasteiger partial charge in [0.2, 0.25) is 0 Å². The van der Waals surface area contributed by atoms with Crippen LogP contribution in [0.3, 0.4) is 0 Å². The molecule has 0 aliphatic rings. The minimum absolute atomic E-state index is 0.707. The summed E-state index contributed by atoms with van der Waals surface area (Å²) < 4.78 is 5.62. The Bertz CT molecular complexity index is 375. The molecule has 0 saturated carbocycles. The van der Waals surface area contributed by atoms with Gasteiger partial charge in [-0.05, 0) is 36.3 Å². The van der Waals surface area contributed by atoms with Gasteiger partial charge in [-0.1, -0.05) is 52.1 Å². The molecule has 0 radical (unpaired) electrons. The van der Waals surface area contributed by atoms with Crippen LogP contribution < -0.4 is 4.74 Å². The molecule has 1 rings (SSSR count). The molecule has 0 bridgehead atoms. The molecule has 0 aliphatic carbocycles. The van der Waals surface area contributed by atoms with Gasteiger partial charge in [0, 0.05) is 0 Å². The van der Waals surface area contributed by atoms with E-state index >= 15 is 0 Å². The second kappa shape index (κ2) is 9.46. The molecule has 1 aromatic rings. The minimum Gasteiger partial charge on any atom is -0.457 e. The molecular formula is C16H22O. The summed E-state index contributed by atoms with van der Waals surface area (Å²) in [6, 6.07) is 8.03. The van der Waals surface area contributed by atoms with E-state index in [4.69, 9.17) is 4.74 Å². The molecule has 0 aromatic heterocycles. The summed E-state index contributed by atoms with van der Waals surface area (Å²) in [5.74, 6) is 1.54. The molecule has 1 nitrogen and oxygen atoms in total. The highest BCUT2D eigenvalue weighted by Crippen LogP contribution is 2.16. The van der Waals surface area contributed by atoms with Crippen LogP contribution in [0.15, 0.2) is 61.4 Å². The zero-order valence-electron chi connectivity index (χ0n) is 11.1. The molecule has 0 aliphatic heterocycles. The van der Waals surface area contributed by atoms with Gasteiger partial charge in [-0.15, -0.1) is 0 Å². The molecule has 17 heavy (non-hydrogen) atoms. The van der Waals surface area contributed by atoms with Crippen LogP contribution in [0.2, 0.25) is 0 Å². The first-order chi connectivity index (χ1) is 8.30. The largest absolute Gasteiger partial charge is 0.457 e. The molecule has 0 fully saturated rings. The van der Waals surface area contributed by atoms with Crippen molar-refractivity contribution in [2.24, 2.45) is 0 Å². The van der Waals surface area contributed by atoms with Crippen LogP contribution in [0.25, 0.3) is 0 Å². The maximum atomic E-state index is 5.62. The van der Waals surface area contributed by atoms with Crippen molar-refractivity contribution >= 4 is 0 Å². The second-order valence-electron chi connectivity index (χ2n) is 3.11. The Kier molecular flexibility index (Phi) is 8.48. The van der Waals surface area contributed by atoms with Crippen LogP contribution in [0.5, 0.6) is 5.75 Å². The van der Waals surface area contributed by atoms with E-state index in [1.807, 2.05) is 32.0 Å². The van der Waals surface area contributed by atoms with Crippen molar-refractivity contribution in [1.82, 2.24) is 0 Å². The quantitative estimate of drug-likeness (QED) is 0.516. The predicted octanol–water partition coefficient (Wildman–Crippen LogP) is 4.91. The molecule has 0 heterocycles. The van der Waals surface area contributed by atoms with Gasteiger partial charge >= 0.3 is 0 Å². The fraction of sp³-hybridized carbons (Fsp3) is 0.250. The maximum absolute atomic E-state index is 5.62. The van der Waals surface area contributed by atoms with Gasteiger partial charge in [-0.3, -0.25) is 0 Å². The van der Waals surface area contributed by atoms with Crippen molar-refractivity contribution in [2.75, 3.05) is 0 Å². The predicted molar refractivity (Wildman–Crippen MR) is 76.3 cm³/mol. The number of ether oxygens (including phenoxy) is 1. The normalized spacial score (nSPS) is 9.94. The Balaban J connectivity index is 0.00000121. The van der Waals surface area contributed by atoms with Crippen LogP contribution >= 0.6 is 0 Å². The third-order valence-electron chi connectivity index (χ3n) is 2.03. The highest BCUT2D eigenvalue weighted by Gasteiger charge is 1.97. The van der Waals surface area contributed by atoms with E-state index < -0.39 is 0 Å². The first-order valence-electron chi connectivity index (χ1n) is 6.02. The standard InChI is InChI=1S/C14H16O.C2H6/c1-4-8-13(6-3)15-14-10-7-9-12(5-2)11-14;1-2/h4,6-11H,1,3,5H2,2H3;1-2H3/b13-8+;. The lowest BCUT2D eigenvalue weighted by atomic mass is 10.2. The minimum atomic E-state index is 0.707. The van der Waals surface area contributed by atoms with Crippen LogP contribution in [-0.4, -0.2) is 0 Å². The lowest BCUT2D eigenvalue weighted by Crippen LogP contribution is -1.92. The maximum Gasteiger partial charge on any atom is 0.127 e. The lowest BCUT2D eigenvalue weighted by Gasteiger charge is -2.06. The highest BCUT2D eigenvalue weighted by molar-refractivity contribution is 5.31. The van der Waals surface area contributed by atoms with Gasteiger partial charge in [0.15, 0.2) is 0 Å². The van der Waals surface area contributed by atoms with E-state index in [0.717, 1.165) is 12.2 Å². The van der Waals surface area contributed by atoms with Gasteiger partial charge in [-0.2, -0.15) is 0 Å². The Morgan fingerprint density at radius 3 is 2.53 bits per heavy atom. The summed E-state index contributed by atoms with van der Waals surface area (Å²) in [5.41, 5.74) is 1.26. The third-order valence-corrected chi connectivity index (χ3v) is 2.03. The van der Waals surface area contributed by atoms with E-state index in [2.05, 4.69) is 26.1 Å². The Morgan fingerprint density at radius 2 is 2.00 bits per heavy atom. The molecular weight excluding hydrogens is 208 g/mol. The SMILES string of the molecule is C=C/C=C(\C=C)Oc1cccc(CC)c1.CC. The summed E-state index contributed by atoms with van der Waals surface area (Å²) in [5, 5.41) is 0. The van der Waals surface area contributed by atoms with Crippen LogP contribution in [0.1, 0.15) is 26.3 Å². The zero-order valence-corrected chi connectivity index (χ0v) is 11.1. The van der Waals surface area contributed by atoms with E-state index in [1.54, 1.807) is 18.2 Å². The number of rotatable bonds is 5. The second-order valence-corrected chi connectivity index (χ2v) is 3.11. The topological polar surface area (TPSA) is 9.23 Å². The van der Waals surface area contributed by atoms with Gasteiger partial charge in [0.25, 0.3) is 0 Å². The van der Waals surface area contributed by atoms with Crippen molar-refractivity contribution in [3.05, 3.63) is 67.0 Å². The number of hydrogen-bond donors (Lipinski definition) is 0. The molecule has 0 saturated heterocycles. The molecule has 1 heteroatoms. The molecule has 92 valence electrons. The van der Waals surface area contributed by atoms with Crippen molar-refractivity contribution in [3.8, 4) is 5.75 Å². The highest BCUT2D eigenvalue weighted by atomic mass is 16.5. The zero-order chi connectivity index (χ0) is 13.1. The van der Waals surface area contributed by atoms with E-state index in [-0.39, 0.29) is 0 Å². The molecule has 0 amide bonds. The van der Waals surface area contributed by atoms with Crippen molar-refractivity contribution < 1.29 is 4.74 Å². The molecule has 0 N–H and O–H groups in total. The fourth-order valence-corrected chi connectivity index (χ4v) is 1.22. The third kappa shape index (κ3) is 5.76. The summed E-state index contributed by atoms with van der Waals surface area (Å²) in [6.07, 6.45) is 6.14. The van der Waals surface area contributed by atoms with Gasteiger partial charge in [-0.25, -0.2) is 0 Å². The average molecular weight is 230 g/mol. The van der Waals surface area contributed by atoms with Crippen LogP contribution in [-0.2, 0) is 6.42 Å². The average Bonchev–Trinajstić information content (AvgIpc) is 2.40. The summed E-state index contributed by atoms with van der Waals surface area (Å²) in [7, 11) is 0. The number of benzene rings is 1. The van der Waals surface area contributed by atoms with Gasteiger partial charge in [0.1, 0.15) is 11.5 Å². The Labute approximate surface area is 105 Å². The van der Waals surface area contributed by atoms with E-state index in [1.165, 1.54) is 5.56 Å². The Morgan fingerprint density at radius 1 is 1.29 bits per heavy atom. The first kappa shape index (κ1) is 15.2. The van der Waals surface area contributed by atoms with Crippen molar-refractivity contribution in [1.29, 1.82) is 0 Å². The van der Waals surface area contributed by atoms with Gasteiger partial charge in [0.05, 0.1) is 0 Å². The smallest absolute Gasteiger partial charge is 0.127 e. The summed E-state index contributed by atoms with van der Waals surface area (Å²) in [4.78, 5) is 0. The monoisotopic (exact) mass is 230 g/mol. The lowest BCUT2D eigenvalue weighted by molar-refractivity contribution is 0.444. The summed E-state index contributed by atoms with van der Waals surface area (Å²) >= 11 is 0. The molecule has 1 aromatic carbocycles. The number of allylic oxidation sites excluding steroid dienone is 3. The van der Waals surface area contributed by atoms with E-state index in [9.17, 15) is 0 Å². The van der Waals surface area contributed by atoms with Crippen molar-refractivity contribution in [2.45, 2.75) is 27.2 Å².